The molecule has 4 rings (SSSR count). The smallest absolute Gasteiger partial charge is 0.255 e. The number of pyridine rings is 1. The molecule has 0 aliphatic carbocycles. The molecule has 0 spiro atoms. The largest absolute Gasteiger partial charge is 0.489 e. The van der Waals surface area contributed by atoms with Crippen LogP contribution < -0.4 is 10.1 Å². The van der Waals surface area contributed by atoms with Gasteiger partial charge in [0.2, 0.25) is 0 Å². The lowest BCUT2D eigenvalue weighted by atomic mass is 10.2. The van der Waals surface area contributed by atoms with E-state index in [4.69, 9.17) is 4.74 Å². The van der Waals surface area contributed by atoms with E-state index >= 15 is 0 Å². The first-order chi connectivity index (χ1) is 12.8. The molecule has 0 radical (unpaired) electrons. The monoisotopic (exact) mass is 344 g/mol. The van der Waals surface area contributed by atoms with Gasteiger partial charge in [0.05, 0.1) is 5.69 Å². The number of rotatable bonds is 5. The number of benzene rings is 2. The predicted octanol–water partition coefficient (Wildman–Crippen LogP) is 3.56. The number of ether oxygens (including phenoxy) is 1. The van der Waals surface area contributed by atoms with Gasteiger partial charge in [0.15, 0.2) is 5.65 Å². The fourth-order valence-corrected chi connectivity index (χ4v) is 2.55. The number of hydrogen-bond acceptors (Lipinski definition) is 4. The third-order valence-corrected chi connectivity index (χ3v) is 3.91. The molecular formula is C20H16N4O2. The van der Waals surface area contributed by atoms with Crippen LogP contribution in [-0.2, 0) is 6.61 Å². The maximum atomic E-state index is 12.4. The van der Waals surface area contributed by atoms with Crippen LogP contribution in [0.3, 0.4) is 0 Å². The lowest BCUT2D eigenvalue weighted by Gasteiger charge is -2.08. The highest BCUT2D eigenvalue weighted by molar-refractivity contribution is 6.04. The summed E-state index contributed by atoms with van der Waals surface area (Å²) < 4.78 is 7.48. The standard InChI is InChI=1S/C20H16N4O2/c25-20(22-17-8-11-19-23-21-14-24(19)12-17)16-6-9-18(10-7-16)26-13-15-4-2-1-3-5-15/h1-12,14H,13H2,(H,22,25). The van der Waals surface area contributed by atoms with Crippen molar-refractivity contribution in [3.05, 3.63) is 90.4 Å². The summed E-state index contributed by atoms with van der Waals surface area (Å²) in [5.74, 6) is 0.531. The molecule has 2 heterocycles. The summed E-state index contributed by atoms with van der Waals surface area (Å²) >= 11 is 0. The molecule has 0 unspecified atom stereocenters. The van der Waals surface area contributed by atoms with E-state index in [0.29, 0.717) is 17.9 Å². The minimum Gasteiger partial charge on any atom is -0.489 e. The molecule has 4 aromatic rings. The third-order valence-electron chi connectivity index (χ3n) is 3.91. The van der Waals surface area contributed by atoms with Crippen LogP contribution in [-0.4, -0.2) is 20.5 Å². The number of anilines is 1. The van der Waals surface area contributed by atoms with E-state index in [1.165, 1.54) is 0 Å². The van der Waals surface area contributed by atoms with Gasteiger partial charge in [-0.05, 0) is 42.0 Å². The molecule has 2 aromatic heterocycles. The molecule has 0 atom stereocenters. The van der Waals surface area contributed by atoms with Gasteiger partial charge in [-0.1, -0.05) is 30.3 Å². The van der Waals surface area contributed by atoms with Crippen LogP contribution in [0.25, 0.3) is 5.65 Å². The number of hydrogen-bond donors (Lipinski definition) is 1. The Morgan fingerprint density at radius 3 is 2.62 bits per heavy atom. The Hall–Kier alpha value is -3.67. The highest BCUT2D eigenvalue weighted by Gasteiger charge is 2.07. The zero-order valence-corrected chi connectivity index (χ0v) is 13.9. The summed E-state index contributed by atoms with van der Waals surface area (Å²) in [5.41, 5.74) is 3.05. The average molecular weight is 344 g/mol. The maximum absolute atomic E-state index is 12.4. The highest BCUT2D eigenvalue weighted by Crippen LogP contribution is 2.16. The summed E-state index contributed by atoms with van der Waals surface area (Å²) in [5, 5.41) is 10.6. The number of fused-ring (bicyclic) bond motifs is 1. The fourth-order valence-electron chi connectivity index (χ4n) is 2.55. The Labute approximate surface area is 150 Å². The van der Waals surface area contributed by atoms with Crippen molar-refractivity contribution in [1.82, 2.24) is 14.6 Å². The first-order valence-electron chi connectivity index (χ1n) is 8.15. The van der Waals surface area contributed by atoms with Gasteiger partial charge in [0.25, 0.3) is 5.91 Å². The van der Waals surface area contributed by atoms with Crippen LogP contribution in [0.4, 0.5) is 5.69 Å². The lowest BCUT2D eigenvalue weighted by Crippen LogP contribution is -2.12. The Morgan fingerprint density at radius 1 is 1.00 bits per heavy atom. The summed E-state index contributed by atoms with van der Waals surface area (Å²) in [7, 11) is 0. The molecule has 6 heteroatoms. The van der Waals surface area contributed by atoms with Crippen molar-refractivity contribution in [2.45, 2.75) is 6.61 Å². The van der Waals surface area contributed by atoms with E-state index in [2.05, 4.69) is 15.5 Å². The molecule has 2 aromatic carbocycles. The predicted molar refractivity (Wildman–Crippen MR) is 98.2 cm³/mol. The topological polar surface area (TPSA) is 68.5 Å². The van der Waals surface area contributed by atoms with Crippen LogP contribution in [0.15, 0.2) is 79.3 Å². The number of nitrogens with zero attached hydrogens (tertiary/aromatic N) is 3. The van der Waals surface area contributed by atoms with Crippen LogP contribution in [0.2, 0.25) is 0 Å². The van der Waals surface area contributed by atoms with Gasteiger partial charge in [-0.15, -0.1) is 10.2 Å². The molecular weight excluding hydrogens is 328 g/mol. The van der Waals surface area contributed by atoms with Crippen LogP contribution in [0.1, 0.15) is 15.9 Å². The van der Waals surface area contributed by atoms with E-state index in [1.54, 1.807) is 53.3 Å². The molecule has 26 heavy (non-hydrogen) atoms. The molecule has 1 N–H and O–H groups in total. The van der Waals surface area contributed by atoms with E-state index in [1.807, 2.05) is 30.3 Å². The SMILES string of the molecule is O=C(Nc1ccc2nncn2c1)c1ccc(OCc2ccccc2)cc1. The van der Waals surface area contributed by atoms with Gasteiger partial charge in [0.1, 0.15) is 18.7 Å². The Morgan fingerprint density at radius 2 is 1.81 bits per heavy atom. The second-order valence-corrected chi connectivity index (χ2v) is 5.77. The van der Waals surface area contributed by atoms with Gasteiger partial charge in [0, 0.05) is 11.8 Å². The van der Waals surface area contributed by atoms with Crippen molar-refractivity contribution < 1.29 is 9.53 Å². The summed E-state index contributed by atoms with van der Waals surface area (Å²) in [4.78, 5) is 12.4. The molecule has 128 valence electrons. The van der Waals surface area contributed by atoms with Crippen molar-refractivity contribution in [1.29, 1.82) is 0 Å². The van der Waals surface area contributed by atoms with Gasteiger partial charge in [-0.3, -0.25) is 9.20 Å². The number of carbonyl (C=O) groups is 1. The van der Waals surface area contributed by atoms with Crippen molar-refractivity contribution in [2.75, 3.05) is 5.32 Å². The Bertz CT molecular complexity index is 1030. The van der Waals surface area contributed by atoms with Gasteiger partial charge < -0.3 is 10.1 Å². The van der Waals surface area contributed by atoms with Crippen molar-refractivity contribution in [2.24, 2.45) is 0 Å². The number of aromatic nitrogens is 3. The van der Waals surface area contributed by atoms with Gasteiger partial charge in [-0.2, -0.15) is 0 Å². The van der Waals surface area contributed by atoms with Crippen LogP contribution in [0, 0.1) is 0 Å². The summed E-state index contributed by atoms with van der Waals surface area (Å²) in [6.45, 7) is 0.491. The maximum Gasteiger partial charge on any atom is 0.255 e. The molecule has 0 saturated heterocycles. The van der Waals surface area contributed by atoms with E-state index < -0.39 is 0 Å². The number of amides is 1. The fraction of sp³-hybridized carbons (Fsp3) is 0.0500. The second-order valence-electron chi connectivity index (χ2n) is 5.77. The number of nitrogens with one attached hydrogen (secondary N) is 1. The highest BCUT2D eigenvalue weighted by atomic mass is 16.5. The van der Waals surface area contributed by atoms with E-state index in [0.717, 1.165) is 17.0 Å². The van der Waals surface area contributed by atoms with E-state index in [9.17, 15) is 4.79 Å². The van der Waals surface area contributed by atoms with Crippen molar-refractivity contribution >= 4 is 17.2 Å². The second kappa shape index (κ2) is 7.06. The third kappa shape index (κ3) is 3.54. The summed E-state index contributed by atoms with van der Waals surface area (Å²) in [6.07, 6.45) is 3.36. The molecule has 0 saturated carbocycles. The minimum atomic E-state index is -0.188. The Kier molecular flexibility index (Phi) is 4.30. The van der Waals surface area contributed by atoms with E-state index in [-0.39, 0.29) is 5.91 Å². The van der Waals surface area contributed by atoms with Crippen molar-refractivity contribution in [3.8, 4) is 5.75 Å². The van der Waals surface area contributed by atoms with Gasteiger partial charge in [-0.25, -0.2) is 0 Å². The van der Waals surface area contributed by atoms with Crippen molar-refractivity contribution in [3.63, 3.8) is 0 Å². The minimum absolute atomic E-state index is 0.188. The molecule has 0 fully saturated rings. The first-order valence-corrected chi connectivity index (χ1v) is 8.15. The lowest BCUT2D eigenvalue weighted by molar-refractivity contribution is 0.102. The first kappa shape index (κ1) is 15.8. The Balaban J connectivity index is 1.40. The zero-order chi connectivity index (χ0) is 17.8. The molecule has 0 bridgehead atoms. The normalized spacial score (nSPS) is 10.6. The molecule has 1 amide bonds. The molecule has 0 aliphatic rings. The summed E-state index contributed by atoms with van der Waals surface area (Å²) in [6, 6.07) is 20.6. The van der Waals surface area contributed by atoms with Crippen LogP contribution in [0.5, 0.6) is 5.75 Å². The van der Waals surface area contributed by atoms with Gasteiger partial charge >= 0.3 is 0 Å². The quantitative estimate of drug-likeness (QED) is 0.601. The molecule has 6 nitrogen and oxygen atoms in total. The molecule has 0 aliphatic heterocycles. The average Bonchev–Trinajstić information content (AvgIpc) is 3.15. The zero-order valence-electron chi connectivity index (χ0n) is 13.9. The number of carbonyl (C=O) groups excluding carboxylic acids is 1. The van der Waals surface area contributed by atoms with Crippen LogP contribution >= 0.6 is 0 Å².